The topological polar surface area (TPSA) is 30.7 Å². The summed E-state index contributed by atoms with van der Waals surface area (Å²) < 4.78 is 2.34. The van der Waals surface area contributed by atoms with Crippen molar-refractivity contribution in [3.63, 3.8) is 0 Å². The molecule has 13 aromatic carbocycles. The van der Waals surface area contributed by atoms with Crippen molar-refractivity contribution in [2.75, 3.05) is 0 Å². The van der Waals surface area contributed by atoms with E-state index >= 15 is 0 Å². The van der Waals surface area contributed by atoms with Gasteiger partial charge in [0.25, 0.3) is 0 Å². The van der Waals surface area contributed by atoms with E-state index in [1.165, 1.54) is 74.5 Å². The molecular weight excluding hydrogens is 1080 g/mol. The first kappa shape index (κ1) is 52.9. The highest BCUT2D eigenvalue weighted by molar-refractivity contribution is 7.22. The number of aromatic nitrogens is 3. The van der Waals surface area contributed by atoms with E-state index in [-0.39, 0.29) is 0 Å². The van der Waals surface area contributed by atoms with Crippen molar-refractivity contribution in [3.8, 4) is 61.8 Å². The zero-order chi connectivity index (χ0) is 58.0. The van der Waals surface area contributed by atoms with E-state index < -0.39 is 16.1 Å². The fourth-order valence-corrected chi connectivity index (χ4v) is 23.4. The van der Waals surface area contributed by atoms with Gasteiger partial charge in [-0.15, -0.1) is 0 Å². The molecule has 0 unspecified atom stereocenters. The maximum Gasteiger partial charge on any atom is 0.179 e. The fourth-order valence-electron chi connectivity index (χ4n) is 13.6. The van der Waals surface area contributed by atoms with E-state index in [2.05, 4.69) is 362 Å². The van der Waals surface area contributed by atoms with Crippen molar-refractivity contribution in [3.05, 3.63) is 358 Å². The molecule has 0 radical (unpaired) electrons. The SMILES string of the molecule is c1ccc(-c2cccc(-c3nc(-c4cc([Si](c5ccccc5)(c5ccccc5)c5cccc(-c6ccccc6)c5)cc([Si](c5ccccc5)(c5ccccc5)c5cccc(-c6ccccc6)c5)c4)cc(-n4c5ccccc5c5ccccc54)n3)c2)cc1. The summed E-state index contributed by atoms with van der Waals surface area (Å²) >= 11 is 0. The predicted molar refractivity (Wildman–Crippen MR) is 371 cm³/mol. The number of hydrogen-bond acceptors (Lipinski definition) is 2. The van der Waals surface area contributed by atoms with Gasteiger partial charge < -0.3 is 0 Å². The van der Waals surface area contributed by atoms with Crippen LogP contribution in [0.5, 0.6) is 0 Å². The molecule has 0 aliphatic rings. The van der Waals surface area contributed by atoms with Gasteiger partial charge in [0.15, 0.2) is 22.0 Å². The summed E-state index contributed by atoms with van der Waals surface area (Å²) in [6.45, 7) is 0. The van der Waals surface area contributed by atoms with Crippen LogP contribution < -0.4 is 41.5 Å². The molecule has 2 aromatic heterocycles. The third-order valence-electron chi connectivity index (χ3n) is 17.5. The molecule has 410 valence electrons. The van der Waals surface area contributed by atoms with Crippen LogP contribution in [0.25, 0.3) is 83.6 Å². The van der Waals surface area contributed by atoms with Gasteiger partial charge in [0.05, 0.1) is 16.7 Å². The Balaban J connectivity index is 1.11. The first-order valence-corrected chi connectivity index (χ1v) is 33.9. The maximum absolute atomic E-state index is 5.88. The lowest BCUT2D eigenvalue weighted by molar-refractivity contribution is 1.05. The normalized spacial score (nSPS) is 11.7. The number of benzene rings is 13. The molecule has 87 heavy (non-hydrogen) atoms. The van der Waals surface area contributed by atoms with E-state index in [1.54, 1.807) is 0 Å². The summed E-state index contributed by atoms with van der Waals surface area (Å²) in [5, 5.41) is 12.6. The molecule has 5 heteroatoms. The lowest BCUT2D eigenvalue weighted by Gasteiger charge is -2.38. The van der Waals surface area contributed by atoms with Gasteiger partial charge in [0.2, 0.25) is 0 Å². The molecule has 0 atom stereocenters. The molecule has 0 aliphatic heterocycles. The number of rotatable bonds is 14. The Kier molecular flexibility index (Phi) is 14.0. The molecule has 0 bridgehead atoms. The fraction of sp³-hybridized carbons (Fsp3) is 0. The summed E-state index contributed by atoms with van der Waals surface area (Å²) in [6, 6.07) is 133. The highest BCUT2D eigenvalue weighted by Gasteiger charge is 2.46. The average molecular weight is 1140 g/mol. The number of para-hydroxylation sites is 2. The van der Waals surface area contributed by atoms with Gasteiger partial charge in [-0.05, 0) is 93.1 Å². The summed E-state index contributed by atoms with van der Waals surface area (Å²) in [5.74, 6) is 1.43. The second kappa shape index (κ2) is 23.0. The monoisotopic (exact) mass is 1140 g/mol. The van der Waals surface area contributed by atoms with Gasteiger partial charge in [-0.25, -0.2) is 9.97 Å². The average Bonchev–Trinajstić information content (AvgIpc) is 1.74. The minimum Gasteiger partial charge on any atom is -0.294 e. The van der Waals surface area contributed by atoms with Crippen LogP contribution in [0.2, 0.25) is 0 Å². The molecule has 0 saturated carbocycles. The van der Waals surface area contributed by atoms with Crippen LogP contribution in [0.15, 0.2) is 358 Å². The molecule has 3 nitrogen and oxygen atoms in total. The summed E-state index contributed by atoms with van der Waals surface area (Å²) in [7, 11) is -6.79. The Labute approximate surface area is 510 Å². The smallest absolute Gasteiger partial charge is 0.179 e. The van der Waals surface area contributed by atoms with Crippen LogP contribution in [0.3, 0.4) is 0 Å². The van der Waals surface area contributed by atoms with Gasteiger partial charge in [0.1, 0.15) is 5.82 Å². The van der Waals surface area contributed by atoms with E-state index in [9.17, 15) is 0 Å². The second-order valence-electron chi connectivity index (χ2n) is 22.4. The highest BCUT2D eigenvalue weighted by atomic mass is 28.3. The summed E-state index contributed by atoms with van der Waals surface area (Å²) in [5.41, 5.74) is 11.9. The number of nitrogens with zero attached hydrogens (tertiary/aromatic N) is 3. The molecule has 0 fully saturated rings. The van der Waals surface area contributed by atoms with Crippen molar-refractivity contribution >= 4 is 79.4 Å². The summed E-state index contributed by atoms with van der Waals surface area (Å²) in [4.78, 5) is 11.6. The van der Waals surface area contributed by atoms with Gasteiger partial charge in [-0.2, -0.15) is 0 Å². The van der Waals surface area contributed by atoms with Crippen molar-refractivity contribution in [1.29, 1.82) is 0 Å². The highest BCUT2D eigenvalue weighted by Crippen LogP contribution is 2.35. The van der Waals surface area contributed by atoms with Gasteiger partial charge in [-0.3, -0.25) is 4.57 Å². The van der Waals surface area contributed by atoms with Gasteiger partial charge in [-0.1, -0.05) is 334 Å². The zero-order valence-corrected chi connectivity index (χ0v) is 49.9. The van der Waals surface area contributed by atoms with Crippen LogP contribution in [-0.2, 0) is 0 Å². The van der Waals surface area contributed by atoms with E-state index in [1.807, 2.05) is 0 Å². The molecule has 0 saturated heterocycles. The Morgan fingerprint density at radius 2 is 0.517 bits per heavy atom. The third kappa shape index (κ3) is 9.56. The first-order chi connectivity index (χ1) is 43.1. The molecule has 15 aromatic rings. The standard InChI is InChI=1S/C82H59N3Si2/c1-8-29-60(30-9-1)63-35-26-38-66(53-63)82-83-78(59-81(84-82)85-79-51-24-22-49-76(79)77-50-23-25-52-80(77)85)67-56-74(86(68-39-14-4-15-40-68,69-41-16-5-17-42-69)72-47-27-36-64(54-72)61-31-10-2-11-32-61)58-75(57-67)87(70-43-18-6-19-44-70,71-45-20-7-21-46-71)73-48-28-37-65(55-73)62-33-12-3-13-34-62/h1-59H. The molecule has 0 amide bonds. The van der Waals surface area contributed by atoms with Crippen molar-refractivity contribution in [1.82, 2.24) is 14.5 Å². The molecule has 0 aliphatic carbocycles. The van der Waals surface area contributed by atoms with Crippen LogP contribution in [-0.4, -0.2) is 30.7 Å². The van der Waals surface area contributed by atoms with E-state index in [0.29, 0.717) is 5.82 Å². The maximum atomic E-state index is 5.88. The molecule has 0 spiro atoms. The Hall–Kier alpha value is -10.8. The molecule has 0 N–H and O–H groups in total. The lowest BCUT2D eigenvalue weighted by Crippen LogP contribution is -2.78. The molecule has 15 rings (SSSR count). The van der Waals surface area contributed by atoms with E-state index in [4.69, 9.17) is 9.97 Å². The quantitative estimate of drug-likeness (QED) is 0.0802. The Morgan fingerprint density at radius 3 is 0.931 bits per heavy atom. The van der Waals surface area contributed by atoms with Crippen molar-refractivity contribution in [2.45, 2.75) is 0 Å². The minimum absolute atomic E-state index is 0.643. The largest absolute Gasteiger partial charge is 0.294 e. The molecule has 2 heterocycles. The zero-order valence-electron chi connectivity index (χ0n) is 47.9. The number of fused-ring (bicyclic) bond motifs is 3. The number of hydrogen-bond donors (Lipinski definition) is 0. The van der Waals surface area contributed by atoms with Crippen LogP contribution >= 0.6 is 0 Å². The summed E-state index contributed by atoms with van der Waals surface area (Å²) in [6.07, 6.45) is 0. The van der Waals surface area contributed by atoms with Crippen LogP contribution in [0.4, 0.5) is 0 Å². The predicted octanol–water partition coefficient (Wildman–Crippen LogP) is 14.7. The third-order valence-corrected chi connectivity index (χ3v) is 26.9. The first-order valence-electron chi connectivity index (χ1n) is 29.9. The van der Waals surface area contributed by atoms with E-state index in [0.717, 1.165) is 44.8 Å². The van der Waals surface area contributed by atoms with Gasteiger partial charge >= 0.3 is 0 Å². The Morgan fingerprint density at radius 1 is 0.207 bits per heavy atom. The minimum atomic E-state index is -3.39. The van der Waals surface area contributed by atoms with Gasteiger partial charge in [0, 0.05) is 28.0 Å². The van der Waals surface area contributed by atoms with Crippen LogP contribution in [0.1, 0.15) is 0 Å². The Bertz CT molecular complexity index is 4580. The second-order valence-corrected chi connectivity index (χ2v) is 30.0. The van der Waals surface area contributed by atoms with Crippen LogP contribution in [0, 0.1) is 0 Å². The lowest BCUT2D eigenvalue weighted by atomic mass is 10.0. The van der Waals surface area contributed by atoms with Crippen molar-refractivity contribution < 1.29 is 0 Å². The molecular formula is C82H59N3Si2. The van der Waals surface area contributed by atoms with Crippen molar-refractivity contribution in [2.24, 2.45) is 0 Å².